The van der Waals surface area contributed by atoms with Crippen LogP contribution in [0.3, 0.4) is 0 Å². The minimum Gasteiger partial charge on any atom is -0.382 e. The topological polar surface area (TPSA) is 94.0 Å². The van der Waals surface area contributed by atoms with Crippen LogP contribution in [0, 0.1) is 11.2 Å². The molecule has 3 N–H and O–H groups in total. The molecule has 0 bridgehead atoms. The molecule has 0 amide bonds. The summed E-state index contributed by atoms with van der Waals surface area (Å²) in [6.45, 7) is 7.17. The molecule has 0 unspecified atom stereocenters. The Balaban J connectivity index is 1.47. The average Bonchev–Trinajstić information content (AvgIpc) is 3.17. The second-order valence-electron chi connectivity index (χ2n) is 8.45. The van der Waals surface area contributed by atoms with E-state index >= 15 is 0 Å². The van der Waals surface area contributed by atoms with Crippen LogP contribution in [0.25, 0.3) is 11.5 Å². The monoisotopic (exact) mass is 429 g/mol. The molecule has 32 heavy (non-hydrogen) atoms. The molecule has 5 rings (SSSR count). The molecule has 1 saturated carbocycles. The van der Waals surface area contributed by atoms with Gasteiger partial charge in [-0.05, 0) is 31.1 Å². The Morgan fingerprint density at radius 2 is 2.12 bits per heavy atom. The van der Waals surface area contributed by atoms with Crippen molar-refractivity contribution in [2.24, 2.45) is 10.4 Å². The van der Waals surface area contributed by atoms with Crippen molar-refractivity contribution in [3.63, 3.8) is 0 Å². The molecule has 7 nitrogen and oxygen atoms in total. The maximum absolute atomic E-state index is 14.3. The highest BCUT2D eigenvalue weighted by atomic mass is 19.1. The molecule has 0 spiro atoms. The number of nitrogens with two attached hydrogens (primary N) is 1. The number of allylic oxidation sites excluding steroid dienone is 2. The smallest absolute Gasteiger partial charge is 0.182 e. The van der Waals surface area contributed by atoms with E-state index in [1.165, 1.54) is 6.07 Å². The van der Waals surface area contributed by atoms with Crippen LogP contribution in [0.4, 0.5) is 15.9 Å². The molecule has 1 fully saturated rings. The van der Waals surface area contributed by atoms with E-state index in [0.29, 0.717) is 35.1 Å². The molecule has 1 aliphatic heterocycles. The zero-order chi connectivity index (χ0) is 22.3. The fourth-order valence-corrected chi connectivity index (χ4v) is 3.59. The van der Waals surface area contributed by atoms with Gasteiger partial charge in [0.25, 0.3) is 0 Å². The number of aromatic nitrogens is 4. The summed E-state index contributed by atoms with van der Waals surface area (Å²) in [5.41, 5.74) is 10.5. The van der Waals surface area contributed by atoms with Crippen LogP contribution < -0.4 is 11.1 Å². The van der Waals surface area contributed by atoms with Gasteiger partial charge in [0.2, 0.25) is 0 Å². The van der Waals surface area contributed by atoms with Crippen molar-refractivity contribution < 1.29 is 4.39 Å². The van der Waals surface area contributed by atoms with Crippen molar-refractivity contribution in [2.75, 3.05) is 17.6 Å². The zero-order valence-electron chi connectivity index (χ0n) is 17.8. The molecule has 3 aromatic rings. The van der Waals surface area contributed by atoms with Gasteiger partial charge >= 0.3 is 0 Å². The van der Waals surface area contributed by atoms with Crippen molar-refractivity contribution in [2.45, 2.75) is 26.3 Å². The predicted octanol–water partition coefficient (Wildman–Crippen LogP) is 4.19. The van der Waals surface area contributed by atoms with Gasteiger partial charge in [-0.25, -0.2) is 14.4 Å². The number of hydrogen-bond acceptors (Lipinski definition) is 6. The van der Waals surface area contributed by atoms with Gasteiger partial charge in [-0.15, -0.1) is 0 Å². The summed E-state index contributed by atoms with van der Waals surface area (Å²) in [7, 11) is 0. The van der Waals surface area contributed by atoms with E-state index < -0.39 is 0 Å². The van der Waals surface area contributed by atoms with E-state index in [2.05, 4.69) is 38.9 Å². The maximum atomic E-state index is 14.3. The second-order valence-corrected chi connectivity index (χ2v) is 8.45. The van der Waals surface area contributed by atoms with Gasteiger partial charge in [0.1, 0.15) is 11.5 Å². The third kappa shape index (κ3) is 3.79. The van der Waals surface area contributed by atoms with Crippen LogP contribution in [0.2, 0.25) is 0 Å². The molecular formula is C24H24FN7. The van der Waals surface area contributed by atoms with Crippen LogP contribution in [-0.4, -0.2) is 32.0 Å². The summed E-state index contributed by atoms with van der Waals surface area (Å²) < 4.78 is 16.0. The Kier molecular flexibility index (Phi) is 4.84. The Labute approximate surface area is 185 Å². The summed E-state index contributed by atoms with van der Waals surface area (Å²) in [6.07, 6.45) is 7.77. The van der Waals surface area contributed by atoms with E-state index in [1.54, 1.807) is 29.1 Å². The first-order valence-corrected chi connectivity index (χ1v) is 10.5. The number of nitrogen functional groups attached to an aromatic ring is 1. The van der Waals surface area contributed by atoms with E-state index in [-0.39, 0.29) is 17.8 Å². The fraction of sp³-hybridized carbons (Fsp3) is 0.250. The lowest BCUT2D eigenvalue weighted by molar-refractivity contribution is 0.584. The zero-order valence-corrected chi connectivity index (χ0v) is 17.8. The molecule has 162 valence electrons. The molecule has 0 saturated heterocycles. The van der Waals surface area contributed by atoms with Crippen molar-refractivity contribution in [1.29, 1.82) is 0 Å². The highest BCUT2D eigenvalue weighted by Gasteiger charge is 2.40. The molecule has 0 atom stereocenters. The van der Waals surface area contributed by atoms with Gasteiger partial charge in [-0.2, -0.15) is 5.10 Å². The largest absolute Gasteiger partial charge is 0.382 e. The van der Waals surface area contributed by atoms with Crippen LogP contribution >= 0.6 is 0 Å². The first kappa shape index (κ1) is 20.1. The Morgan fingerprint density at radius 3 is 2.81 bits per heavy atom. The minimum absolute atomic E-state index is 0.112. The van der Waals surface area contributed by atoms with Gasteiger partial charge < -0.3 is 11.1 Å². The number of hydrogen-bond donors (Lipinski definition) is 2. The van der Waals surface area contributed by atoms with Crippen LogP contribution in [0.5, 0.6) is 0 Å². The van der Waals surface area contributed by atoms with Gasteiger partial charge in [0.15, 0.2) is 11.6 Å². The third-order valence-corrected chi connectivity index (χ3v) is 6.02. The number of nitrogens with zero attached hydrogens (tertiary/aromatic N) is 5. The molecule has 1 aromatic carbocycles. The Morgan fingerprint density at radius 1 is 1.31 bits per heavy atom. The third-order valence-electron chi connectivity index (χ3n) is 6.02. The molecule has 3 heterocycles. The van der Waals surface area contributed by atoms with Gasteiger partial charge in [-0.3, -0.25) is 9.67 Å². The average molecular weight is 430 g/mol. The first-order valence-electron chi connectivity index (χ1n) is 10.5. The summed E-state index contributed by atoms with van der Waals surface area (Å²) in [5.74, 6) is 0.441. The number of halogens is 1. The summed E-state index contributed by atoms with van der Waals surface area (Å²) in [5, 5.41) is 7.91. The lowest BCUT2D eigenvalue weighted by atomic mass is 10.1. The van der Waals surface area contributed by atoms with Crippen LogP contribution in [0.15, 0.2) is 65.9 Å². The standard InChI is InChI=1S/C24H24FN7/c1-15(24(2)9-10-24)29-20-13-28-23(30-22(20)26)19-12-21(18-8-5-11-27-18)32(31-19)14-16-6-3-4-7-17(16)25/h3-8,12-13,29H,1,9-11,14H2,2H3,(H2,26,28,30). The SMILES string of the molecule is C=C(Nc1cnc(-c2cc(C3=NCC=C3)n(Cc3ccccc3F)n2)nc1N)C1(C)CC1. The number of aliphatic imine (C=N–C) groups is 1. The van der Waals surface area contributed by atoms with Crippen LogP contribution in [-0.2, 0) is 6.54 Å². The van der Waals surface area contributed by atoms with Gasteiger partial charge in [0.05, 0.1) is 36.4 Å². The molecule has 0 radical (unpaired) electrons. The summed E-state index contributed by atoms with van der Waals surface area (Å²) in [6, 6.07) is 8.53. The second kappa shape index (κ2) is 7.71. The Bertz CT molecular complexity index is 1270. The quantitative estimate of drug-likeness (QED) is 0.587. The normalized spacial score (nSPS) is 16.1. The lowest BCUT2D eigenvalue weighted by Crippen LogP contribution is -2.11. The molecule has 2 aromatic heterocycles. The highest BCUT2D eigenvalue weighted by molar-refractivity contribution is 6.09. The van der Waals surface area contributed by atoms with Crippen molar-refractivity contribution in [3.05, 3.63) is 78.0 Å². The van der Waals surface area contributed by atoms with Gasteiger partial charge in [0, 0.05) is 16.7 Å². The van der Waals surface area contributed by atoms with Gasteiger partial charge in [-0.1, -0.05) is 37.8 Å². The highest BCUT2D eigenvalue weighted by Crippen LogP contribution is 2.50. The summed E-state index contributed by atoms with van der Waals surface area (Å²) >= 11 is 0. The summed E-state index contributed by atoms with van der Waals surface area (Å²) in [4.78, 5) is 13.4. The fourth-order valence-electron chi connectivity index (χ4n) is 3.59. The molecule has 1 aliphatic carbocycles. The number of anilines is 2. The van der Waals surface area contributed by atoms with Crippen molar-refractivity contribution in [1.82, 2.24) is 19.7 Å². The molecular weight excluding hydrogens is 405 g/mol. The van der Waals surface area contributed by atoms with E-state index in [4.69, 9.17) is 5.73 Å². The maximum Gasteiger partial charge on any atom is 0.182 e. The predicted molar refractivity (Wildman–Crippen MR) is 124 cm³/mol. The number of rotatable bonds is 7. The molecule has 2 aliphatic rings. The first-order chi connectivity index (χ1) is 15.4. The number of benzene rings is 1. The van der Waals surface area contributed by atoms with E-state index in [9.17, 15) is 4.39 Å². The number of nitrogens with one attached hydrogen (secondary N) is 1. The minimum atomic E-state index is -0.278. The lowest BCUT2D eigenvalue weighted by Gasteiger charge is -2.16. The van der Waals surface area contributed by atoms with E-state index in [0.717, 1.165) is 29.9 Å². The van der Waals surface area contributed by atoms with E-state index in [1.807, 2.05) is 18.2 Å². The van der Waals surface area contributed by atoms with Crippen molar-refractivity contribution >= 4 is 17.2 Å². The molecule has 8 heteroatoms. The van der Waals surface area contributed by atoms with Crippen molar-refractivity contribution in [3.8, 4) is 11.5 Å². The van der Waals surface area contributed by atoms with Crippen LogP contribution in [0.1, 0.15) is 31.0 Å². The Hall–Kier alpha value is -3.81.